The molecule has 0 aliphatic carbocycles. The third kappa shape index (κ3) is 2.84. The number of carbonyl (C=O) groups excluding carboxylic acids is 1. The van der Waals surface area contributed by atoms with Crippen molar-refractivity contribution in [3.05, 3.63) is 29.5 Å². The van der Waals surface area contributed by atoms with Gasteiger partial charge < -0.3 is 5.32 Å². The van der Waals surface area contributed by atoms with Crippen molar-refractivity contribution in [3.8, 4) is 0 Å². The van der Waals surface area contributed by atoms with Crippen LogP contribution in [-0.4, -0.2) is 21.6 Å². The van der Waals surface area contributed by atoms with E-state index in [-0.39, 0.29) is 16.9 Å². The summed E-state index contributed by atoms with van der Waals surface area (Å²) >= 11 is 0. The minimum Gasteiger partial charge on any atom is -0.347 e. The Hall–Kier alpha value is -1.84. The lowest BCUT2D eigenvalue weighted by molar-refractivity contribution is 0.0921. The summed E-state index contributed by atoms with van der Waals surface area (Å²) in [5.74, 6) is -0.0767. The van der Waals surface area contributed by atoms with Crippen molar-refractivity contribution >= 4 is 16.8 Å². The number of hydrogen-bond acceptors (Lipinski definition) is 2. The van der Waals surface area contributed by atoms with Crippen LogP contribution < -0.4 is 5.32 Å². The van der Waals surface area contributed by atoms with Crippen LogP contribution in [0.1, 0.15) is 57.5 Å². The van der Waals surface area contributed by atoms with E-state index >= 15 is 0 Å². The van der Waals surface area contributed by atoms with Gasteiger partial charge in [-0.3, -0.25) is 9.89 Å². The molecule has 0 aliphatic heterocycles. The molecule has 1 aromatic heterocycles. The van der Waals surface area contributed by atoms with Crippen molar-refractivity contribution in [1.82, 2.24) is 15.5 Å². The number of H-pyrrole nitrogens is 1. The normalized spacial score (nSPS) is 12.7. The Morgan fingerprint density at radius 2 is 1.80 bits per heavy atom. The quantitative estimate of drug-likeness (QED) is 0.836. The summed E-state index contributed by atoms with van der Waals surface area (Å²) in [7, 11) is 0. The number of hydrogen-bond donors (Lipinski definition) is 2. The third-order valence-electron chi connectivity index (χ3n) is 3.16. The van der Waals surface area contributed by atoms with Gasteiger partial charge in [0.25, 0.3) is 5.91 Å². The number of amides is 1. The molecule has 0 bridgehead atoms. The van der Waals surface area contributed by atoms with Crippen molar-refractivity contribution < 1.29 is 4.79 Å². The Bertz CT molecular complexity index is 642. The smallest absolute Gasteiger partial charge is 0.253 e. The third-order valence-corrected chi connectivity index (χ3v) is 3.16. The first-order valence-electron chi connectivity index (χ1n) is 6.89. The number of fused-ring (bicyclic) bond motifs is 1. The number of benzene rings is 1. The number of aromatic nitrogens is 2. The molecule has 4 heteroatoms. The van der Waals surface area contributed by atoms with Crippen molar-refractivity contribution in [3.63, 3.8) is 0 Å². The molecule has 0 fully saturated rings. The monoisotopic (exact) mass is 273 g/mol. The van der Waals surface area contributed by atoms with Crippen LogP contribution in [0.25, 0.3) is 10.9 Å². The predicted molar refractivity (Wildman–Crippen MR) is 82.0 cm³/mol. The van der Waals surface area contributed by atoms with E-state index in [4.69, 9.17) is 0 Å². The van der Waals surface area contributed by atoms with E-state index in [1.165, 1.54) is 5.56 Å². The van der Waals surface area contributed by atoms with Gasteiger partial charge in [0.2, 0.25) is 0 Å². The average molecular weight is 273 g/mol. The van der Waals surface area contributed by atoms with E-state index in [0.717, 1.165) is 10.9 Å². The molecule has 1 amide bonds. The first kappa shape index (κ1) is 14.6. The summed E-state index contributed by atoms with van der Waals surface area (Å²) < 4.78 is 0. The molecule has 0 spiro atoms. The fourth-order valence-electron chi connectivity index (χ4n) is 2.29. The standard InChI is InChI=1S/C16H23N3O/c1-15(2,3)12-8-7-10(13-11(12)9-17-19-13)14(20)18-16(4,5)6/h7-9H,1-6H3,(H,17,19)(H,18,20). The molecule has 0 atom stereocenters. The molecule has 0 radical (unpaired) electrons. The molecule has 2 aromatic rings. The zero-order valence-corrected chi connectivity index (χ0v) is 13.1. The zero-order valence-electron chi connectivity index (χ0n) is 13.1. The lowest BCUT2D eigenvalue weighted by atomic mass is 9.84. The van der Waals surface area contributed by atoms with Crippen LogP contribution in [0.4, 0.5) is 0 Å². The van der Waals surface area contributed by atoms with Gasteiger partial charge >= 0.3 is 0 Å². The molecule has 0 saturated heterocycles. The minimum absolute atomic E-state index is 0.0150. The van der Waals surface area contributed by atoms with E-state index in [1.807, 2.05) is 32.9 Å². The van der Waals surface area contributed by atoms with E-state index in [0.29, 0.717) is 5.56 Å². The molecule has 1 aromatic carbocycles. The average Bonchev–Trinajstić information content (AvgIpc) is 2.71. The number of nitrogens with zero attached hydrogens (tertiary/aromatic N) is 1. The second kappa shape index (κ2) is 4.62. The van der Waals surface area contributed by atoms with Crippen LogP contribution in [0.15, 0.2) is 18.3 Å². The molecule has 0 aliphatic rings. The van der Waals surface area contributed by atoms with Gasteiger partial charge in [-0.15, -0.1) is 0 Å². The molecule has 0 saturated carbocycles. The number of rotatable bonds is 1. The summed E-state index contributed by atoms with van der Waals surface area (Å²) in [5.41, 5.74) is 2.39. The van der Waals surface area contributed by atoms with Crippen molar-refractivity contribution in [2.45, 2.75) is 52.5 Å². The number of nitrogens with one attached hydrogen (secondary N) is 2. The van der Waals surface area contributed by atoms with Gasteiger partial charge in [0, 0.05) is 10.9 Å². The van der Waals surface area contributed by atoms with Gasteiger partial charge in [-0.25, -0.2) is 0 Å². The Kier molecular flexibility index (Phi) is 3.36. The zero-order chi connectivity index (χ0) is 15.1. The summed E-state index contributed by atoms with van der Waals surface area (Å²) in [6.07, 6.45) is 1.80. The predicted octanol–water partition coefficient (Wildman–Crippen LogP) is 3.39. The number of aromatic amines is 1. The largest absolute Gasteiger partial charge is 0.347 e. The van der Waals surface area contributed by atoms with Gasteiger partial charge in [-0.1, -0.05) is 26.8 Å². The van der Waals surface area contributed by atoms with Gasteiger partial charge in [0.05, 0.1) is 17.3 Å². The Morgan fingerprint density at radius 3 is 2.35 bits per heavy atom. The highest BCUT2D eigenvalue weighted by atomic mass is 16.1. The Balaban J connectivity index is 2.53. The van der Waals surface area contributed by atoms with Crippen molar-refractivity contribution in [2.24, 2.45) is 0 Å². The van der Waals surface area contributed by atoms with Crippen molar-refractivity contribution in [2.75, 3.05) is 0 Å². The van der Waals surface area contributed by atoms with Crippen LogP contribution in [0.3, 0.4) is 0 Å². The maximum atomic E-state index is 12.4. The summed E-state index contributed by atoms with van der Waals surface area (Å²) in [5, 5.41) is 11.1. The molecule has 1 heterocycles. The highest BCUT2D eigenvalue weighted by molar-refractivity contribution is 6.06. The van der Waals surface area contributed by atoms with Crippen LogP contribution in [0.2, 0.25) is 0 Å². The maximum Gasteiger partial charge on any atom is 0.253 e. The van der Waals surface area contributed by atoms with E-state index < -0.39 is 0 Å². The lowest BCUT2D eigenvalue weighted by Crippen LogP contribution is -2.40. The summed E-state index contributed by atoms with van der Waals surface area (Å²) in [6.45, 7) is 12.4. The van der Waals surface area contributed by atoms with Gasteiger partial charge in [-0.05, 0) is 37.8 Å². The maximum absolute atomic E-state index is 12.4. The van der Waals surface area contributed by atoms with Crippen molar-refractivity contribution in [1.29, 1.82) is 0 Å². The van der Waals surface area contributed by atoms with Gasteiger partial charge in [0.1, 0.15) is 0 Å². The van der Waals surface area contributed by atoms with Crippen LogP contribution in [-0.2, 0) is 5.41 Å². The first-order valence-corrected chi connectivity index (χ1v) is 6.89. The molecule has 2 rings (SSSR count). The van der Waals surface area contributed by atoms with Crippen LogP contribution in [0.5, 0.6) is 0 Å². The number of carbonyl (C=O) groups is 1. The molecular weight excluding hydrogens is 250 g/mol. The molecule has 2 N–H and O–H groups in total. The highest BCUT2D eigenvalue weighted by Gasteiger charge is 2.22. The second-order valence-electron chi connectivity index (χ2n) is 7.27. The second-order valence-corrected chi connectivity index (χ2v) is 7.27. The summed E-state index contributed by atoms with van der Waals surface area (Å²) in [4.78, 5) is 12.4. The van der Waals surface area contributed by atoms with E-state index in [2.05, 4.69) is 36.3 Å². The Morgan fingerprint density at radius 1 is 1.15 bits per heavy atom. The fourth-order valence-corrected chi connectivity index (χ4v) is 2.29. The van der Waals surface area contributed by atoms with Gasteiger partial charge in [0.15, 0.2) is 0 Å². The Labute approximate surface area is 120 Å². The fraction of sp³-hybridized carbons (Fsp3) is 0.500. The summed E-state index contributed by atoms with van der Waals surface area (Å²) in [6, 6.07) is 3.90. The van der Waals surface area contributed by atoms with Crippen LogP contribution in [0, 0.1) is 0 Å². The first-order chi connectivity index (χ1) is 9.09. The van der Waals surface area contributed by atoms with Crippen LogP contribution >= 0.6 is 0 Å². The molecule has 108 valence electrons. The van der Waals surface area contributed by atoms with Gasteiger partial charge in [-0.2, -0.15) is 5.10 Å². The lowest BCUT2D eigenvalue weighted by Gasteiger charge is -2.23. The molecule has 0 unspecified atom stereocenters. The molecule has 20 heavy (non-hydrogen) atoms. The molecule has 4 nitrogen and oxygen atoms in total. The van der Waals surface area contributed by atoms with E-state index in [1.54, 1.807) is 6.20 Å². The van der Waals surface area contributed by atoms with E-state index in [9.17, 15) is 4.79 Å². The minimum atomic E-state index is -0.258. The molecular formula is C16H23N3O. The SMILES string of the molecule is CC(C)(C)NC(=O)c1ccc(C(C)(C)C)c2cn[nH]c12. The highest BCUT2D eigenvalue weighted by Crippen LogP contribution is 2.30. The topological polar surface area (TPSA) is 57.8 Å².